The summed E-state index contributed by atoms with van der Waals surface area (Å²) >= 11 is 1.47. The Labute approximate surface area is 128 Å². The fraction of sp³-hybridized carbons (Fsp3) is 0.333. The molecule has 0 saturated carbocycles. The van der Waals surface area contributed by atoms with Crippen molar-refractivity contribution in [1.82, 2.24) is 10.3 Å². The number of nitrogens with one attached hydrogen (secondary N) is 1. The van der Waals surface area contributed by atoms with Crippen molar-refractivity contribution >= 4 is 17.7 Å². The molecular formula is C15H19N3O2S. The summed E-state index contributed by atoms with van der Waals surface area (Å²) in [5.74, 6) is 0.300. The average molecular weight is 305 g/mol. The van der Waals surface area contributed by atoms with Crippen molar-refractivity contribution in [3.8, 4) is 0 Å². The minimum atomic E-state index is -0.865. The van der Waals surface area contributed by atoms with Crippen molar-refractivity contribution in [2.45, 2.75) is 24.1 Å². The van der Waals surface area contributed by atoms with Crippen LogP contribution in [0.2, 0.25) is 0 Å². The number of nitrogens with zero attached hydrogens (tertiary/aromatic N) is 1. The monoisotopic (exact) mass is 305 g/mol. The van der Waals surface area contributed by atoms with Crippen molar-refractivity contribution in [2.24, 2.45) is 5.73 Å². The molecule has 1 aromatic carbocycles. The van der Waals surface area contributed by atoms with Gasteiger partial charge < -0.3 is 10.2 Å². The Balaban J connectivity index is 2.16. The predicted molar refractivity (Wildman–Crippen MR) is 82.8 cm³/mol. The molecule has 0 aliphatic rings. The fourth-order valence-corrected chi connectivity index (χ4v) is 3.13. The third-order valence-electron chi connectivity index (χ3n) is 3.28. The van der Waals surface area contributed by atoms with Gasteiger partial charge in [0.2, 0.25) is 5.91 Å². The fourth-order valence-electron chi connectivity index (χ4n) is 2.28. The van der Waals surface area contributed by atoms with Gasteiger partial charge in [-0.25, -0.2) is 4.98 Å². The van der Waals surface area contributed by atoms with Gasteiger partial charge >= 0.3 is 0 Å². The van der Waals surface area contributed by atoms with Gasteiger partial charge in [0.15, 0.2) is 0 Å². The van der Waals surface area contributed by atoms with Gasteiger partial charge in [-0.1, -0.05) is 49.0 Å². The maximum Gasteiger partial charge on any atom is 0.255 e. The first-order valence-corrected chi connectivity index (χ1v) is 7.80. The number of aromatic nitrogens is 1. The Morgan fingerprint density at radius 3 is 2.76 bits per heavy atom. The molecule has 1 unspecified atom stereocenters. The normalized spacial score (nSPS) is 13.8. The Bertz CT molecular complexity index is 560. The van der Waals surface area contributed by atoms with E-state index >= 15 is 0 Å². The zero-order chi connectivity index (χ0) is 15.1. The second-order valence-electron chi connectivity index (χ2n) is 4.56. The van der Waals surface area contributed by atoms with Crippen molar-refractivity contribution in [1.29, 1.82) is 0 Å². The average Bonchev–Trinajstić information content (AvgIpc) is 3.00. The van der Waals surface area contributed by atoms with Crippen molar-refractivity contribution in [3.63, 3.8) is 0 Å². The largest absolute Gasteiger partial charge is 0.440 e. The summed E-state index contributed by atoms with van der Waals surface area (Å²) in [7, 11) is 0. The maximum absolute atomic E-state index is 12.1. The van der Waals surface area contributed by atoms with Crippen LogP contribution in [0.15, 0.2) is 52.4 Å². The third-order valence-corrected chi connectivity index (χ3v) is 4.13. The van der Waals surface area contributed by atoms with Crippen LogP contribution >= 0.6 is 11.8 Å². The van der Waals surface area contributed by atoms with Gasteiger partial charge in [0.1, 0.15) is 11.8 Å². The molecule has 0 saturated heterocycles. The van der Waals surface area contributed by atoms with Gasteiger partial charge in [0, 0.05) is 5.75 Å². The van der Waals surface area contributed by atoms with Crippen LogP contribution < -0.4 is 11.1 Å². The lowest BCUT2D eigenvalue weighted by Gasteiger charge is -2.32. The molecule has 6 heteroatoms. The number of likely N-dealkylation sites (N-methyl/N-ethyl adjacent to an activating group) is 1. The molecule has 0 radical (unpaired) electrons. The third kappa shape index (κ3) is 3.65. The van der Waals surface area contributed by atoms with Crippen LogP contribution in [0.5, 0.6) is 0 Å². The zero-order valence-electron chi connectivity index (χ0n) is 11.9. The highest BCUT2D eigenvalue weighted by molar-refractivity contribution is 7.99. The number of primary amides is 1. The van der Waals surface area contributed by atoms with E-state index in [4.69, 9.17) is 10.2 Å². The smallest absolute Gasteiger partial charge is 0.255 e. The number of rotatable bonds is 8. The molecule has 1 heterocycles. The number of oxazole rings is 1. The topological polar surface area (TPSA) is 81.2 Å². The molecule has 112 valence electrons. The number of nitrogens with two attached hydrogens (primary N) is 1. The highest BCUT2D eigenvalue weighted by Crippen LogP contribution is 2.28. The van der Waals surface area contributed by atoms with Gasteiger partial charge in [0.25, 0.3) is 5.22 Å². The Morgan fingerprint density at radius 2 is 2.19 bits per heavy atom. The Hall–Kier alpha value is -1.79. The molecule has 0 bridgehead atoms. The van der Waals surface area contributed by atoms with Crippen LogP contribution in [0.1, 0.15) is 18.9 Å². The first-order valence-electron chi connectivity index (χ1n) is 6.82. The molecule has 1 amide bonds. The quantitative estimate of drug-likeness (QED) is 0.730. The van der Waals surface area contributed by atoms with Gasteiger partial charge in [-0.05, 0) is 18.5 Å². The first-order chi connectivity index (χ1) is 10.2. The van der Waals surface area contributed by atoms with E-state index in [0.29, 0.717) is 23.9 Å². The number of benzene rings is 1. The Morgan fingerprint density at radius 1 is 1.43 bits per heavy atom. The minimum absolute atomic E-state index is 0.372. The van der Waals surface area contributed by atoms with Crippen LogP contribution in [0.25, 0.3) is 0 Å². The van der Waals surface area contributed by atoms with E-state index in [-0.39, 0.29) is 5.91 Å². The molecule has 5 nitrogen and oxygen atoms in total. The number of carbonyl (C=O) groups is 1. The van der Waals surface area contributed by atoms with Crippen LogP contribution in [-0.4, -0.2) is 23.2 Å². The van der Waals surface area contributed by atoms with Crippen LogP contribution in [0.3, 0.4) is 0 Å². The summed E-state index contributed by atoms with van der Waals surface area (Å²) in [5, 5.41) is 3.85. The number of hydrogen-bond donors (Lipinski definition) is 2. The summed E-state index contributed by atoms with van der Waals surface area (Å²) in [6.07, 6.45) is 3.70. The van der Waals surface area contributed by atoms with E-state index in [1.807, 2.05) is 37.3 Å². The highest BCUT2D eigenvalue weighted by atomic mass is 32.2. The van der Waals surface area contributed by atoms with Gasteiger partial charge in [-0.2, -0.15) is 0 Å². The Kier molecular flexibility index (Phi) is 5.41. The lowest BCUT2D eigenvalue weighted by atomic mass is 9.86. The van der Waals surface area contributed by atoms with Crippen LogP contribution in [0.4, 0.5) is 0 Å². The van der Waals surface area contributed by atoms with Gasteiger partial charge in [-0.15, -0.1) is 0 Å². The van der Waals surface area contributed by atoms with Crippen LogP contribution in [0, 0.1) is 0 Å². The first kappa shape index (κ1) is 15.6. The molecule has 3 N–H and O–H groups in total. The summed E-state index contributed by atoms with van der Waals surface area (Å²) < 4.78 is 5.19. The summed E-state index contributed by atoms with van der Waals surface area (Å²) in [6.45, 7) is 2.61. The molecular weight excluding hydrogens is 286 g/mol. The molecule has 1 atom stereocenters. The van der Waals surface area contributed by atoms with E-state index in [1.165, 1.54) is 18.0 Å². The molecule has 2 aromatic rings. The van der Waals surface area contributed by atoms with Gasteiger partial charge in [-0.3, -0.25) is 10.1 Å². The second-order valence-corrected chi connectivity index (χ2v) is 5.61. The zero-order valence-corrected chi connectivity index (χ0v) is 12.7. The number of amides is 1. The van der Waals surface area contributed by atoms with Crippen molar-refractivity contribution in [3.05, 3.63) is 48.4 Å². The molecule has 2 rings (SSSR count). The minimum Gasteiger partial charge on any atom is -0.440 e. The summed E-state index contributed by atoms with van der Waals surface area (Å²) in [6, 6.07) is 9.58. The summed E-state index contributed by atoms with van der Waals surface area (Å²) in [5.41, 5.74) is 5.72. The standard InChI is InChI=1S/C15H19N3O2S/c1-2-18-15(13(16)19,12-6-4-3-5-7-12)8-11-21-14-17-9-10-20-14/h3-7,9-10,18H,2,8,11H2,1H3,(H2,16,19). The van der Waals surface area contributed by atoms with E-state index in [9.17, 15) is 4.79 Å². The van der Waals surface area contributed by atoms with E-state index < -0.39 is 5.54 Å². The van der Waals surface area contributed by atoms with E-state index in [1.54, 1.807) is 6.20 Å². The molecule has 21 heavy (non-hydrogen) atoms. The van der Waals surface area contributed by atoms with Crippen LogP contribution in [-0.2, 0) is 10.3 Å². The predicted octanol–water partition coefficient (Wildman–Crippen LogP) is 2.15. The molecule has 0 aliphatic carbocycles. The van der Waals surface area contributed by atoms with E-state index in [2.05, 4.69) is 10.3 Å². The SMILES string of the molecule is CCNC(CCSc1ncco1)(C(N)=O)c1ccccc1. The lowest BCUT2D eigenvalue weighted by molar-refractivity contribution is -0.124. The van der Waals surface area contributed by atoms with Gasteiger partial charge in [0.05, 0.1) is 6.20 Å². The number of thioether (sulfide) groups is 1. The second kappa shape index (κ2) is 7.28. The molecule has 1 aromatic heterocycles. The number of hydrogen-bond acceptors (Lipinski definition) is 5. The lowest BCUT2D eigenvalue weighted by Crippen LogP contribution is -2.53. The molecule has 0 spiro atoms. The summed E-state index contributed by atoms with van der Waals surface area (Å²) in [4.78, 5) is 16.2. The van der Waals surface area contributed by atoms with Crippen molar-refractivity contribution in [2.75, 3.05) is 12.3 Å². The highest BCUT2D eigenvalue weighted by Gasteiger charge is 2.37. The maximum atomic E-state index is 12.1. The van der Waals surface area contributed by atoms with Crippen molar-refractivity contribution < 1.29 is 9.21 Å². The number of carbonyl (C=O) groups excluding carboxylic acids is 1. The van der Waals surface area contributed by atoms with E-state index in [0.717, 1.165) is 5.56 Å². The molecule has 0 aliphatic heterocycles. The molecule has 0 fully saturated rings.